The van der Waals surface area contributed by atoms with Crippen LogP contribution in [0.15, 0.2) is 0 Å². The molecule has 82 valence electrons. The maximum Gasteiger partial charge on any atom is 0.282 e. The number of ether oxygens (including phenoxy) is 3. The fraction of sp³-hybridized carbons (Fsp3) is 1.00. The molecular weight excluding hydrogens is 180 g/mol. The van der Waals surface area contributed by atoms with Gasteiger partial charge in [-0.3, -0.25) is 0 Å². The molecule has 0 saturated carbocycles. The molecule has 0 N–H and O–H groups in total. The molecule has 0 radical (unpaired) electrons. The molecule has 0 aromatic carbocycles. The van der Waals surface area contributed by atoms with E-state index in [-0.39, 0.29) is 5.41 Å². The minimum absolute atomic E-state index is 0.0829. The van der Waals surface area contributed by atoms with E-state index in [2.05, 4.69) is 20.8 Å². The van der Waals surface area contributed by atoms with Gasteiger partial charge in [0.25, 0.3) is 5.97 Å². The summed E-state index contributed by atoms with van der Waals surface area (Å²) < 4.78 is 17.0. The molecule has 3 heteroatoms. The van der Waals surface area contributed by atoms with E-state index in [0.29, 0.717) is 5.92 Å². The number of fused-ring (bicyclic) bond motifs is 3. The molecule has 3 aliphatic rings. The summed E-state index contributed by atoms with van der Waals surface area (Å²) in [6.45, 7) is 8.85. The maximum absolute atomic E-state index is 5.67. The molecule has 0 spiro atoms. The van der Waals surface area contributed by atoms with E-state index in [1.165, 1.54) is 0 Å². The summed E-state index contributed by atoms with van der Waals surface area (Å²) in [4.78, 5) is 0. The smallest absolute Gasteiger partial charge is 0.282 e. The summed E-state index contributed by atoms with van der Waals surface area (Å²) in [6.07, 6.45) is 1.93. The van der Waals surface area contributed by atoms with Crippen molar-refractivity contribution >= 4 is 0 Å². The lowest BCUT2D eigenvalue weighted by Crippen LogP contribution is -2.58. The summed E-state index contributed by atoms with van der Waals surface area (Å²) in [6, 6.07) is 0. The van der Waals surface area contributed by atoms with E-state index >= 15 is 0 Å². The van der Waals surface area contributed by atoms with Gasteiger partial charge in [0, 0.05) is 11.8 Å². The van der Waals surface area contributed by atoms with Gasteiger partial charge in [-0.05, 0) is 12.3 Å². The second-order valence-corrected chi connectivity index (χ2v) is 5.29. The van der Waals surface area contributed by atoms with Crippen molar-refractivity contribution in [2.75, 3.05) is 19.8 Å². The first-order valence-corrected chi connectivity index (χ1v) is 5.46. The lowest BCUT2D eigenvalue weighted by molar-refractivity contribution is -0.468. The van der Waals surface area contributed by atoms with Gasteiger partial charge >= 0.3 is 0 Å². The van der Waals surface area contributed by atoms with Crippen LogP contribution in [0.4, 0.5) is 0 Å². The zero-order valence-corrected chi connectivity index (χ0v) is 9.34. The first-order valence-electron chi connectivity index (χ1n) is 5.46. The fourth-order valence-corrected chi connectivity index (χ4v) is 1.78. The number of rotatable bonds is 3. The van der Waals surface area contributed by atoms with Crippen molar-refractivity contribution in [1.82, 2.24) is 0 Å². The lowest BCUT2D eigenvalue weighted by atomic mass is 9.91. The van der Waals surface area contributed by atoms with Crippen molar-refractivity contribution in [1.29, 1.82) is 0 Å². The zero-order valence-electron chi connectivity index (χ0n) is 9.34. The van der Waals surface area contributed by atoms with E-state index in [1.807, 2.05) is 0 Å². The minimum Gasteiger partial charge on any atom is -0.327 e. The summed E-state index contributed by atoms with van der Waals surface area (Å²) in [5.41, 5.74) is 0.0829. The largest absolute Gasteiger partial charge is 0.327 e. The number of hydrogen-bond acceptors (Lipinski definition) is 3. The van der Waals surface area contributed by atoms with Crippen LogP contribution >= 0.6 is 0 Å². The van der Waals surface area contributed by atoms with E-state index in [1.54, 1.807) is 0 Å². The van der Waals surface area contributed by atoms with Gasteiger partial charge in [-0.15, -0.1) is 0 Å². The van der Waals surface area contributed by atoms with Gasteiger partial charge in [0.2, 0.25) is 0 Å². The number of hydrogen-bond donors (Lipinski definition) is 0. The molecule has 0 aromatic rings. The van der Waals surface area contributed by atoms with Crippen molar-refractivity contribution in [3.8, 4) is 0 Å². The molecule has 0 aliphatic carbocycles. The molecule has 14 heavy (non-hydrogen) atoms. The van der Waals surface area contributed by atoms with Crippen LogP contribution < -0.4 is 0 Å². The molecule has 3 nitrogen and oxygen atoms in total. The second-order valence-electron chi connectivity index (χ2n) is 5.29. The van der Waals surface area contributed by atoms with Crippen LogP contribution in [0.3, 0.4) is 0 Å². The van der Waals surface area contributed by atoms with Gasteiger partial charge in [-0.2, -0.15) is 0 Å². The van der Waals surface area contributed by atoms with Crippen LogP contribution in [0.5, 0.6) is 0 Å². The van der Waals surface area contributed by atoms with E-state index in [0.717, 1.165) is 32.7 Å². The highest BCUT2D eigenvalue weighted by Gasteiger charge is 2.49. The quantitative estimate of drug-likeness (QED) is 0.698. The van der Waals surface area contributed by atoms with Crippen LogP contribution in [0.1, 0.15) is 33.6 Å². The van der Waals surface area contributed by atoms with Gasteiger partial charge < -0.3 is 14.2 Å². The Morgan fingerprint density at radius 2 is 1.57 bits per heavy atom. The molecule has 3 aliphatic heterocycles. The Bertz CT molecular complexity index is 188. The highest BCUT2D eigenvalue weighted by molar-refractivity contribution is 4.84. The Hall–Kier alpha value is -0.120. The van der Waals surface area contributed by atoms with Gasteiger partial charge in [-0.25, -0.2) is 0 Å². The van der Waals surface area contributed by atoms with Crippen molar-refractivity contribution in [2.24, 2.45) is 11.3 Å². The third kappa shape index (κ3) is 1.95. The van der Waals surface area contributed by atoms with Crippen molar-refractivity contribution in [3.05, 3.63) is 0 Å². The molecule has 3 rings (SSSR count). The van der Waals surface area contributed by atoms with E-state index < -0.39 is 5.97 Å². The van der Waals surface area contributed by atoms with E-state index in [4.69, 9.17) is 14.2 Å². The van der Waals surface area contributed by atoms with Crippen LogP contribution in [0.2, 0.25) is 0 Å². The monoisotopic (exact) mass is 200 g/mol. The third-order valence-corrected chi connectivity index (χ3v) is 2.95. The molecular formula is C11H20O3. The molecule has 0 unspecified atom stereocenters. The maximum atomic E-state index is 5.67. The average molecular weight is 200 g/mol. The van der Waals surface area contributed by atoms with E-state index in [9.17, 15) is 0 Å². The molecule has 0 aromatic heterocycles. The van der Waals surface area contributed by atoms with Gasteiger partial charge in [0.05, 0.1) is 19.8 Å². The van der Waals surface area contributed by atoms with Crippen LogP contribution in [0, 0.1) is 11.3 Å². The average Bonchev–Trinajstić information content (AvgIpc) is 2.17. The van der Waals surface area contributed by atoms with Gasteiger partial charge in [0.15, 0.2) is 0 Å². The molecule has 2 bridgehead atoms. The standard InChI is InChI=1S/C11H20O3/c1-9(2)4-5-11-12-6-10(3,7-13-11)8-14-11/h9H,4-8H2,1-3H3. The Morgan fingerprint density at radius 3 is 2.00 bits per heavy atom. The van der Waals surface area contributed by atoms with Crippen LogP contribution in [0.25, 0.3) is 0 Å². The Kier molecular flexibility index (Phi) is 2.58. The highest BCUT2D eigenvalue weighted by Crippen LogP contribution is 2.40. The lowest BCUT2D eigenvalue weighted by Gasteiger charge is -2.50. The third-order valence-electron chi connectivity index (χ3n) is 2.95. The predicted molar refractivity (Wildman–Crippen MR) is 52.8 cm³/mol. The second kappa shape index (κ2) is 3.47. The predicted octanol–water partition coefficient (Wildman–Crippen LogP) is 2.16. The first kappa shape index (κ1) is 10.4. The zero-order chi connectivity index (χ0) is 10.2. The van der Waals surface area contributed by atoms with Crippen LogP contribution in [-0.4, -0.2) is 25.8 Å². The van der Waals surface area contributed by atoms with Crippen molar-refractivity contribution in [3.63, 3.8) is 0 Å². The Balaban J connectivity index is 1.92. The minimum atomic E-state index is -0.706. The summed E-state index contributed by atoms with van der Waals surface area (Å²) in [5.74, 6) is -0.0439. The van der Waals surface area contributed by atoms with Gasteiger partial charge in [-0.1, -0.05) is 20.8 Å². The van der Waals surface area contributed by atoms with Crippen LogP contribution in [-0.2, 0) is 14.2 Å². The fourth-order valence-electron chi connectivity index (χ4n) is 1.78. The molecule has 3 saturated heterocycles. The topological polar surface area (TPSA) is 27.7 Å². The first-order chi connectivity index (χ1) is 6.54. The van der Waals surface area contributed by atoms with Gasteiger partial charge in [0.1, 0.15) is 0 Å². The molecule has 0 atom stereocenters. The Labute approximate surface area is 85.7 Å². The Morgan fingerprint density at radius 1 is 1.07 bits per heavy atom. The summed E-state index contributed by atoms with van der Waals surface area (Å²) in [7, 11) is 0. The summed E-state index contributed by atoms with van der Waals surface area (Å²) >= 11 is 0. The molecule has 3 heterocycles. The molecule has 3 fully saturated rings. The normalized spacial score (nSPS) is 42.0. The summed E-state index contributed by atoms with van der Waals surface area (Å²) in [5, 5.41) is 0. The van der Waals surface area contributed by atoms with Crippen molar-refractivity contribution < 1.29 is 14.2 Å². The van der Waals surface area contributed by atoms with Crippen molar-refractivity contribution in [2.45, 2.75) is 39.6 Å². The SMILES string of the molecule is CC(C)CCC12OCC(C)(CO1)CO2. The molecule has 0 amide bonds. The highest BCUT2D eigenvalue weighted by atomic mass is 16.9.